The lowest BCUT2D eigenvalue weighted by Crippen LogP contribution is -2.23. The number of nitrogens with one attached hydrogen (secondary N) is 1. The summed E-state index contributed by atoms with van der Waals surface area (Å²) in [6.07, 6.45) is 1.47. The summed E-state index contributed by atoms with van der Waals surface area (Å²) in [5.74, 6) is 0.510. The lowest BCUT2D eigenvalue weighted by Gasteiger charge is -2.02. The van der Waals surface area contributed by atoms with Crippen molar-refractivity contribution in [2.24, 2.45) is 7.05 Å². The average Bonchev–Trinajstić information content (AvgIpc) is 2.93. The number of aliphatic hydroxyl groups is 1. The normalized spacial score (nSPS) is 11.9. The summed E-state index contributed by atoms with van der Waals surface area (Å²) in [7, 11) is -2.07. The Morgan fingerprint density at radius 2 is 2.32 bits per heavy atom. The van der Waals surface area contributed by atoms with Gasteiger partial charge in [-0.1, -0.05) is 0 Å². The van der Waals surface area contributed by atoms with Gasteiger partial charge < -0.3 is 9.52 Å². The van der Waals surface area contributed by atoms with Gasteiger partial charge in [0.2, 0.25) is 10.0 Å². The molecule has 0 amide bonds. The highest BCUT2D eigenvalue weighted by atomic mass is 79.9. The summed E-state index contributed by atoms with van der Waals surface area (Å²) < 4.78 is 32.9. The Bertz CT molecular complexity index is 678. The van der Waals surface area contributed by atoms with Crippen LogP contribution in [0.25, 0.3) is 0 Å². The second kappa shape index (κ2) is 5.41. The highest BCUT2D eigenvalue weighted by Gasteiger charge is 2.22. The van der Waals surface area contributed by atoms with Crippen LogP contribution in [0, 0.1) is 0 Å². The van der Waals surface area contributed by atoms with E-state index in [9.17, 15) is 8.42 Å². The van der Waals surface area contributed by atoms with Gasteiger partial charge >= 0.3 is 0 Å². The maximum Gasteiger partial charge on any atom is 0.245 e. The molecule has 0 aliphatic carbocycles. The molecule has 0 radical (unpaired) electrons. The predicted molar refractivity (Wildman–Crippen MR) is 67.4 cm³/mol. The third-order valence-corrected chi connectivity index (χ3v) is 4.48. The SMILES string of the molecule is Cn1cnc(CNS(=O)(=O)c2cc(CO)oc2Br)n1. The van der Waals surface area contributed by atoms with Crippen molar-refractivity contribution in [1.82, 2.24) is 19.5 Å². The highest BCUT2D eigenvalue weighted by Crippen LogP contribution is 2.26. The predicted octanol–water partition coefficient (Wildman–Crippen LogP) is 0.141. The summed E-state index contributed by atoms with van der Waals surface area (Å²) in [4.78, 5) is 3.83. The number of hydrogen-bond acceptors (Lipinski definition) is 6. The van der Waals surface area contributed by atoms with Crippen LogP contribution in [-0.4, -0.2) is 28.3 Å². The highest BCUT2D eigenvalue weighted by molar-refractivity contribution is 9.10. The fourth-order valence-corrected chi connectivity index (χ4v) is 3.34. The minimum absolute atomic E-state index is 0.0325. The first-order valence-electron chi connectivity index (χ1n) is 5.15. The molecule has 0 saturated carbocycles. The molecule has 0 saturated heterocycles. The van der Waals surface area contributed by atoms with E-state index in [-0.39, 0.29) is 28.5 Å². The van der Waals surface area contributed by atoms with E-state index >= 15 is 0 Å². The maximum absolute atomic E-state index is 12.0. The Morgan fingerprint density at radius 3 is 2.84 bits per heavy atom. The number of rotatable bonds is 5. The summed E-state index contributed by atoms with van der Waals surface area (Å²) in [6, 6.07) is 1.25. The van der Waals surface area contributed by atoms with Crippen LogP contribution in [-0.2, 0) is 30.2 Å². The minimum Gasteiger partial charge on any atom is -0.450 e. The fourth-order valence-electron chi connectivity index (χ4n) is 1.36. The van der Waals surface area contributed by atoms with Crippen LogP contribution in [0.5, 0.6) is 0 Å². The molecule has 10 heteroatoms. The molecule has 0 aliphatic rings. The van der Waals surface area contributed by atoms with Crippen LogP contribution in [0.15, 0.2) is 26.4 Å². The van der Waals surface area contributed by atoms with Gasteiger partial charge in [0.05, 0.1) is 6.54 Å². The first-order chi connectivity index (χ1) is 8.92. The first kappa shape index (κ1) is 14.2. The smallest absolute Gasteiger partial charge is 0.245 e. The number of halogens is 1. The van der Waals surface area contributed by atoms with Gasteiger partial charge in [-0.3, -0.25) is 4.68 Å². The fraction of sp³-hybridized carbons (Fsp3) is 0.333. The van der Waals surface area contributed by atoms with Crippen LogP contribution in [0.4, 0.5) is 0 Å². The molecule has 19 heavy (non-hydrogen) atoms. The van der Waals surface area contributed by atoms with E-state index in [0.717, 1.165) is 0 Å². The van der Waals surface area contributed by atoms with Gasteiger partial charge in [0.1, 0.15) is 23.6 Å². The number of furan rings is 1. The molecular formula is C9H11BrN4O4S. The van der Waals surface area contributed by atoms with Crippen LogP contribution < -0.4 is 4.72 Å². The molecule has 8 nitrogen and oxygen atoms in total. The van der Waals surface area contributed by atoms with Crippen molar-refractivity contribution in [2.75, 3.05) is 0 Å². The lowest BCUT2D eigenvalue weighted by atomic mass is 10.5. The van der Waals surface area contributed by atoms with Gasteiger partial charge in [-0.2, -0.15) is 5.10 Å². The number of sulfonamides is 1. The van der Waals surface area contributed by atoms with Crippen molar-refractivity contribution in [2.45, 2.75) is 18.0 Å². The molecule has 104 valence electrons. The zero-order chi connectivity index (χ0) is 14.0. The summed E-state index contributed by atoms with van der Waals surface area (Å²) in [6.45, 7) is -0.412. The van der Waals surface area contributed by atoms with Crippen molar-refractivity contribution in [3.05, 3.63) is 28.6 Å². The molecule has 0 aliphatic heterocycles. The van der Waals surface area contributed by atoms with Crippen LogP contribution >= 0.6 is 15.9 Å². The minimum atomic E-state index is -3.76. The second-order valence-electron chi connectivity index (χ2n) is 3.67. The third kappa shape index (κ3) is 3.21. The molecule has 0 bridgehead atoms. The first-order valence-corrected chi connectivity index (χ1v) is 7.43. The van der Waals surface area contributed by atoms with Gasteiger partial charge in [-0.15, -0.1) is 0 Å². The largest absolute Gasteiger partial charge is 0.450 e. The van der Waals surface area contributed by atoms with E-state index < -0.39 is 10.0 Å². The Kier molecular flexibility index (Phi) is 4.04. The molecule has 0 unspecified atom stereocenters. The van der Waals surface area contributed by atoms with E-state index in [0.29, 0.717) is 5.82 Å². The Morgan fingerprint density at radius 1 is 1.58 bits per heavy atom. The average molecular weight is 351 g/mol. The van der Waals surface area contributed by atoms with E-state index in [2.05, 4.69) is 30.7 Å². The molecular weight excluding hydrogens is 340 g/mol. The molecule has 0 fully saturated rings. The molecule has 2 aromatic heterocycles. The van der Waals surface area contributed by atoms with Crippen LogP contribution in [0.1, 0.15) is 11.6 Å². The number of hydrogen-bond donors (Lipinski definition) is 2. The summed E-state index contributed by atoms with van der Waals surface area (Å²) >= 11 is 2.99. The number of nitrogens with zero attached hydrogens (tertiary/aromatic N) is 3. The number of aromatic nitrogens is 3. The third-order valence-electron chi connectivity index (χ3n) is 2.22. The zero-order valence-electron chi connectivity index (χ0n) is 9.87. The van der Waals surface area contributed by atoms with E-state index in [1.165, 1.54) is 17.1 Å². The van der Waals surface area contributed by atoms with Crippen molar-refractivity contribution >= 4 is 26.0 Å². The molecule has 2 aromatic rings. The molecule has 0 atom stereocenters. The number of aliphatic hydroxyl groups excluding tert-OH is 1. The van der Waals surface area contributed by atoms with Gasteiger partial charge in [-0.25, -0.2) is 18.1 Å². The van der Waals surface area contributed by atoms with E-state index in [1.807, 2.05) is 0 Å². The zero-order valence-corrected chi connectivity index (χ0v) is 12.3. The standard InChI is InChI=1S/C9H11BrN4O4S/c1-14-5-11-8(13-14)3-12-19(16,17)7-2-6(4-15)18-9(7)10/h2,5,12,15H,3-4H2,1H3. The van der Waals surface area contributed by atoms with E-state index in [1.54, 1.807) is 7.05 Å². The van der Waals surface area contributed by atoms with Crippen molar-refractivity contribution in [1.29, 1.82) is 0 Å². The molecule has 2 rings (SSSR count). The van der Waals surface area contributed by atoms with Crippen molar-refractivity contribution < 1.29 is 17.9 Å². The van der Waals surface area contributed by atoms with Crippen LogP contribution in [0.2, 0.25) is 0 Å². The lowest BCUT2D eigenvalue weighted by molar-refractivity contribution is 0.245. The molecule has 2 heterocycles. The molecule has 0 aromatic carbocycles. The molecule has 0 spiro atoms. The topological polar surface area (TPSA) is 110 Å². The van der Waals surface area contributed by atoms with E-state index in [4.69, 9.17) is 9.52 Å². The van der Waals surface area contributed by atoms with Crippen molar-refractivity contribution in [3.8, 4) is 0 Å². The Hall–Kier alpha value is -1.23. The molecule has 2 N–H and O–H groups in total. The van der Waals surface area contributed by atoms with Crippen LogP contribution in [0.3, 0.4) is 0 Å². The Labute approximate surface area is 117 Å². The van der Waals surface area contributed by atoms with Crippen molar-refractivity contribution in [3.63, 3.8) is 0 Å². The second-order valence-corrected chi connectivity index (χ2v) is 6.12. The van der Waals surface area contributed by atoms with Gasteiger partial charge in [0.25, 0.3) is 0 Å². The van der Waals surface area contributed by atoms with Gasteiger partial charge in [-0.05, 0) is 15.9 Å². The summed E-state index contributed by atoms with van der Waals surface area (Å²) in [5, 5.41) is 12.9. The summed E-state index contributed by atoms with van der Waals surface area (Å²) in [5.41, 5.74) is 0. The quantitative estimate of drug-likeness (QED) is 0.793. The van der Waals surface area contributed by atoms with Gasteiger partial charge in [0, 0.05) is 13.1 Å². The number of aryl methyl sites for hydroxylation is 1. The monoisotopic (exact) mass is 350 g/mol. The maximum atomic E-state index is 12.0. The Balaban J connectivity index is 2.15. The van der Waals surface area contributed by atoms with Gasteiger partial charge in [0.15, 0.2) is 10.5 Å².